The van der Waals surface area contributed by atoms with Crippen LogP contribution in [0.4, 0.5) is 13.2 Å². The van der Waals surface area contributed by atoms with Gasteiger partial charge in [0.25, 0.3) is 0 Å². The van der Waals surface area contributed by atoms with E-state index in [1.54, 1.807) is 0 Å². The van der Waals surface area contributed by atoms with Crippen LogP contribution in [0.1, 0.15) is 17.2 Å². The van der Waals surface area contributed by atoms with Crippen LogP contribution in [0.25, 0.3) is 0 Å². The minimum Gasteiger partial charge on any atom is -0.492 e. The Balaban J connectivity index is 2.38. The monoisotopic (exact) mass is 262 g/mol. The van der Waals surface area contributed by atoms with Crippen molar-refractivity contribution in [2.45, 2.75) is 12.3 Å². The third-order valence-electron chi connectivity index (χ3n) is 2.78. The molecule has 2 N–H and O–H groups in total. The minimum atomic E-state index is -4.51. The predicted octanol–water partition coefficient (Wildman–Crippen LogP) is 1.83. The molecule has 1 aromatic carbocycles. The van der Waals surface area contributed by atoms with Gasteiger partial charge in [0, 0.05) is 5.56 Å². The quantitative estimate of drug-likeness (QED) is 0.810. The first kappa shape index (κ1) is 12.7. The van der Waals surface area contributed by atoms with Gasteiger partial charge in [-0.1, -0.05) is 6.07 Å². The second-order valence-electron chi connectivity index (χ2n) is 3.95. The first-order chi connectivity index (χ1) is 8.30. The fraction of sp³-hybridized carbons (Fsp3) is 0.364. The number of aliphatic hydroxyl groups excluding tert-OH is 1. The molecule has 2 rings (SSSR count). The van der Waals surface area contributed by atoms with E-state index in [4.69, 9.17) is 9.84 Å². The number of carboxylic acid groups (broad SMARTS) is 1. The molecule has 0 radical (unpaired) electrons. The zero-order chi connectivity index (χ0) is 13.5. The van der Waals surface area contributed by atoms with Crippen molar-refractivity contribution in [3.63, 3.8) is 0 Å². The Morgan fingerprint density at radius 2 is 2.06 bits per heavy atom. The summed E-state index contributed by atoms with van der Waals surface area (Å²) in [6.45, 7) is -0.356. The summed E-state index contributed by atoms with van der Waals surface area (Å²) < 4.78 is 42.3. The van der Waals surface area contributed by atoms with Crippen LogP contribution in [-0.2, 0) is 11.0 Å². The van der Waals surface area contributed by atoms with Gasteiger partial charge in [-0.2, -0.15) is 13.2 Å². The summed E-state index contributed by atoms with van der Waals surface area (Å²) in [5, 5.41) is 18.5. The molecule has 0 aromatic heterocycles. The molecule has 0 spiro atoms. The van der Waals surface area contributed by atoms with Crippen LogP contribution in [0.5, 0.6) is 5.75 Å². The van der Waals surface area contributed by atoms with Crippen LogP contribution < -0.4 is 4.74 Å². The van der Waals surface area contributed by atoms with Gasteiger partial charge in [-0.3, -0.25) is 4.79 Å². The molecule has 0 saturated carbocycles. The molecule has 1 heterocycles. The third-order valence-corrected chi connectivity index (χ3v) is 2.78. The summed E-state index contributed by atoms with van der Waals surface area (Å²) in [7, 11) is 0. The number of aliphatic hydroxyl groups is 1. The van der Waals surface area contributed by atoms with E-state index >= 15 is 0 Å². The molecule has 18 heavy (non-hydrogen) atoms. The molecule has 0 saturated heterocycles. The minimum absolute atomic E-state index is 0.0571. The second-order valence-corrected chi connectivity index (χ2v) is 3.95. The predicted molar refractivity (Wildman–Crippen MR) is 53.0 cm³/mol. The summed E-state index contributed by atoms with van der Waals surface area (Å²) in [4.78, 5) is 10.8. The van der Waals surface area contributed by atoms with E-state index in [-0.39, 0.29) is 17.9 Å². The number of carboxylic acids is 1. The molecule has 1 aromatic rings. The second kappa shape index (κ2) is 4.16. The van der Waals surface area contributed by atoms with Crippen LogP contribution in [0, 0.1) is 5.92 Å². The third kappa shape index (κ3) is 2.13. The van der Waals surface area contributed by atoms with Crippen LogP contribution in [0.2, 0.25) is 0 Å². The van der Waals surface area contributed by atoms with Crippen molar-refractivity contribution in [3.05, 3.63) is 29.3 Å². The van der Waals surface area contributed by atoms with Crippen molar-refractivity contribution < 1.29 is 32.9 Å². The van der Waals surface area contributed by atoms with Gasteiger partial charge in [0.1, 0.15) is 18.3 Å². The Kier molecular flexibility index (Phi) is 2.94. The van der Waals surface area contributed by atoms with E-state index in [0.717, 1.165) is 18.2 Å². The average Bonchev–Trinajstić information content (AvgIpc) is 2.27. The average molecular weight is 262 g/mol. The van der Waals surface area contributed by atoms with Gasteiger partial charge >= 0.3 is 12.1 Å². The lowest BCUT2D eigenvalue weighted by Gasteiger charge is -2.28. The molecule has 0 bridgehead atoms. The summed E-state index contributed by atoms with van der Waals surface area (Å²) in [5.74, 6) is -2.56. The first-order valence-corrected chi connectivity index (χ1v) is 5.05. The lowest BCUT2D eigenvalue weighted by molar-refractivity contribution is -0.148. The van der Waals surface area contributed by atoms with Gasteiger partial charge in [-0.15, -0.1) is 0 Å². The number of ether oxygens (including phenoxy) is 1. The van der Waals surface area contributed by atoms with E-state index < -0.39 is 29.7 Å². The van der Waals surface area contributed by atoms with E-state index in [2.05, 4.69) is 0 Å². The van der Waals surface area contributed by atoms with Crippen molar-refractivity contribution >= 4 is 5.97 Å². The highest BCUT2D eigenvalue weighted by molar-refractivity contribution is 5.72. The van der Waals surface area contributed by atoms with Crippen LogP contribution >= 0.6 is 0 Å². The summed E-state index contributed by atoms with van der Waals surface area (Å²) in [5.41, 5.74) is -0.844. The normalized spacial score (nSPS) is 23.1. The highest BCUT2D eigenvalue weighted by Gasteiger charge is 2.37. The number of fused-ring (bicyclic) bond motifs is 1. The number of rotatable bonds is 1. The topological polar surface area (TPSA) is 66.8 Å². The van der Waals surface area contributed by atoms with E-state index in [1.807, 2.05) is 0 Å². The Morgan fingerprint density at radius 3 is 2.61 bits per heavy atom. The molecule has 0 aliphatic carbocycles. The maximum absolute atomic E-state index is 12.4. The summed E-state index contributed by atoms with van der Waals surface area (Å²) >= 11 is 0. The summed E-state index contributed by atoms with van der Waals surface area (Å²) in [6.07, 6.45) is -5.87. The molecule has 7 heteroatoms. The van der Waals surface area contributed by atoms with Crippen molar-refractivity contribution in [2.75, 3.05) is 6.61 Å². The Hall–Kier alpha value is -1.76. The molecule has 2 unspecified atom stereocenters. The van der Waals surface area contributed by atoms with Gasteiger partial charge in [-0.05, 0) is 12.1 Å². The van der Waals surface area contributed by atoms with Crippen LogP contribution in [0.15, 0.2) is 18.2 Å². The molecule has 2 atom stereocenters. The van der Waals surface area contributed by atoms with Gasteiger partial charge in [0.2, 0.25) is 0 Å². The molecular weight excluding hydrogens is 253 g/mol. The van der Waals surface area contributed by atoms with E-state index in [0.29, 0.717) is 0 Å². The number of benzene rings is 1. The standard InChI is InChI=1S/C11H9F3O4/c12-11(13,14)5-1-2-6-8(3-5)18-4-7(9(6)15)10(16)17/h1-3,7,9,15H,4H2,(H,16,17). The molecule has 4 nitrogen and oxygen atoms in total. The smallest absolute Gasteiger partial charge is 0.416 e. The Bertz CT molecular complexity index is 484. The van der Waals surface area contributed by atoms with Crippen molar-refractivity contribution in [2.24, 2.45) is 5.92 Å². The molecule has 98 valence electrons. The first-order valence-electron chi connectivity index (χ1n) is 5.05. The van der Waals surface area contributed by atoms with Gasteiger partial charge < -0.3 is 14.9 Å². The number of hydrogen-bond acceptors (Lipinski definition) is 3. The van der Waals surface area contributed by atoms with Crippen molar-refractivity contribution in [1.82, 2.24) is 0 Å². The number of hydrogen-bond donors (Lipinski definition) is 2. The molecule has 1 aliphatic rings. The van der Waals surface area contributed by atoms with E-state index in [1.165, 1.54) is 0 Å². The number of alkyl halides is 3. The molecule has 0 amide bonds. The highest BCUT2D eigenvalue weighted by atomic mass is 19.4. The van der Waals surface area contributed by atoms with Crippen LogP contribution in [-0.4, -0.2) is 22.8 Å². The lowest BCUT2D eigenvalue weighted by atomic mass is 9.92. The maximum Gasteiger partial charge on any atom is 0.416 e. The van der Waals surface area contributed by atoms with E-state index in [9.17, 15) is 23.1 Å². The molecule has 1 aliphatic heterocycles. The zero-order valence-electron chi connectivity index (χ0n) is 8.94. The largest absolute Gasteiger partial charge is 0.492 e. The van der Waals surface area contributed by atoms with Gasteiger partial charge in [0.15, 0.2) is 0 Å². The molecule has 0 fully saturated rings. The van der Waals surface area contributed by atoms with Crippen molar-refractivity contribution in [1.29, 1.82) is 0 Å². The van der Waals surface area contributed by atoms with Crippen molar-refractivity contribution in [3.8, 4) is 5.75 Å². The SMILES string of the molecule is O=C(O)C1COc2cc(C(F)(F)F)ccc2C1O. The Labute approximate surface area is 99.6 Å². The maximum atomic E-state index is 12.4. The fourth-order valence-electron chi connectivity index (χ4n) is 1.77. The number of carbonyl (C=O) groups is 1. The highest BCUT2D eigenvalue weighted by Crippen LogP contribution is 2.39. The molecular formula is C11H9F3O4. The number of aliphatic carboxylic acids is 1. The van der Waals surface area contributed by atoms with Gasteiger partial charge in [-0.25, -0.2) is 0 Å². The Morgan fingerprint density at radius 1 is 1.39 bits per heavy atom. The summed E-state index contributed by atoms with van der Waals surface area (Å²) in [6, 6.07) is 2.59. The zero-order valence-corrected chi connectivity index (χ0v) is 8.94. The fourth-order valence-corrected chi connectivity index (χ4v) is 1.77. The van der Waals surface area contributed by atoms with Crippen LogP contribution in [0.3, 0.4) is 0 Å². The number of halogens is 3. The van der Waals surface area contributed by atoms with Gasteiger partial charge in [0.05, 0.1) is 11.7 Å². The lowest BCUT2D eigenvalue weighted by Crippen LogP contribution is -2.32.